The van der Waals surface area contributed by atoms with Gasteiger partial charge in [0, 0.05) is 11.6 Å². The Bertz CT molecular complexity index is 346. The largest absolute Gasteiger partial charge is 0.229 e. The van der Waals surface area contributed by atoms with Crippen LogP contribution < -0.4 is 0 Å². The highest BCUT2D eigenvalue weighted by molar-refractivity contribution is 5.21. The molecule has 0 aliphatic heterocycles. The summed E-state index contributed by atoms with van der Waals surface area (Å²) in [7, 11) is 0. The van der Waals surface area contributed by atoms with Crippen LogP contribution in [0.1, 0.15) is 45.1 Å². The second-order valence-electron chi connectivity index (χ2n) is 3.68. The minimum atomic E-state index is 0.120. The molecule has 0 aliphatic carbocycles. The van der Waals surface area contributed by atoms with Crippen molar-refractivity contribution in [2.24, 2.45) is 0 Å². The van der Waals surface area contributed by atoms with Gasteiger partial charge < -0.3 is 0 Å². The maximum absolute atomic E-state index is 5.27. The van der Waals surface area contributed by atoms with Crippen LogP contribution in [0.2, 0.25) is 0 Å². The van der Waals surface area contributed by atoms with Crippen LogP contribution in [-0.2, 0) is 5.41 Å². The predicted molar refractivity (Wildman–Crippen MR) is 57.9 cm³/mol. The molecule has 2 nitrogen and oxygen atoms in total. The zero-order valence-electron chi connectivity index (χ0n) is 9.04. The monoisotopic (exact) mass is 188 g/mol. The lowest BCUT2D eigenvalue weighted by Crippen LogP contribution is -2.21. The van der Waals surface area contributed by atoms with E-state index in [2.05, 4.69) is 36.7 Å². The van der Waals surface area contributed by atoms with Gasteiger partial charge in [0.2, 0.25) is 5.82 Å². The fourth-order valence-electron chi connectivity index (χ4n) is 1.38. The van der Waals surface area contributed by atoms with Gasteiger partial charge in [0.15, 0.2) is 0 Å². The Kier molecular flexibility index (Phi) is 3.24. The highest BCUT2D eigenvalue weighted by Crippen LogP contribution is 2.28. The van der Waals surface area contributed by atoms with Crippen LogP contribution in [0.5, 0.6) is 0 Å². The molecular weight excluding hydrogens is 172 g/mol. The molecule has 0 spiro atoms. The summed E-state index contributed by atoms with van der Waals surface area (Å²) >= 11 is 0. The number of nitrogens with zero attached hydrogens (tertiary/aromatic N) is 2. The third kappa shape index (κ3) is 1.93. The topological polar surface area (TPSA) is 25.8 Å². The van der Waals surface area contributed by atoms with Crippen LogP contribution in [0.15, 0.2) is 12.3 Å². The quantitative estimate of drug-likeness (QED) is 0.681. The van der Waals surface area contributed by atoms with E-state index in [1.807, 2.05) is 6.07 Å². The SMILES string of the molecule is C#Cc1nccc(C(C)(CC)CC)n1. The van der Waals surface area contributed by atoms with Gasteiger partial charge in [-0.05, 0) is 24.8 Å². The van der Waals surface area contributed by atoms with Crippen LogP contribution in [0, 0.1) is 12.3 Å². The average Bonchev–Trinajstić information content (AvgIpc) is 2.28. The second-order valence-corrected chi connectivity index (χ2v) is 3.68. The maximum Gasteiger partial charge on any atom is 0.204 e. The third-order valence-corrected chi connectivity index (χ3v) is 2.96. The highest BCUT2D eigenvalue weighted by Gasteiger charge is 2.23. The van der Waals surface area contributed by atoms with E-state index in [0.29, 0.717) is 5.82 Å². The zero-order valence-corrected chi connectivity index (χ0v) is 9.04. The van der Waals surface area contributed by atoms with Crippen molar-refractivity contribution in [1.29, 1.82) is 0 Å². The highest BCUT2D eigenvalue weighted by atomic mass is 14.9. The standard InChI is InChI=1S/C12H16N2/c1-5-11-13-9-8-10(14-11)12(4,6-2)7-3/h1,8-9H,6-7H2,2-4H3. The fraction of sp³-hybridized carbons (Fsp3) is 0.500. The van der Waals surface area contributed by atoms with E-state index in [9.17, 15) is 0 Å². The molecule has 0 unspecified atom stereocenters. The smallest absolute Gasteiger partial charge is 0.204 e. The summed E-state index contributed by atoms with van der Waals surface area (Å²) < 4.78 is 0. The van der Waals surface area contributed by atoms with Crippen LogP contribution in [0.25, 0.3) is 0 Å². The van der Waals surface area contributed by atoms with Gasteiger partial charge in [0.05, 0.1) is 5.69 Å². The van der Waals surface area contributed by atoms with Crippen LogP contribution in [-0.4, -0.2) is 9.97 Å². The van der Waals surface area contributed by atoms with Gasteiger partial charge in [-0.15, -0.1) is 6.42 Å². The van der Waals surface area contributed by atoms with Crippen molar-refractivity contribution in [2.75, 3.05) is 0 Å². The molecule has 0 saturated carbocycles. The molecule has 0 N–H and O–H groups in total. The molecule has 0 aromatic carbocycles. The van der Waals surface area contributed by atoms with E-state index in [0.717, 1.165) is 18.5 Å². The molecule has 0 bridgehead atoms. The normalized spacial score (nSPS) is 11.0. The van der Waals surface area contributed by atoms with E-state index in [1.165, 1.54) is 0 Å². The summed E-state index contributed by atoms with van der Waals surface area (Å²) in [6, 6.07) is 1.95. The van der Waals surface area contributed by atoms with E-state index < -0.39 is 0 Å². The van der Waals surface area contributed by atoms with Crippen molar-refractivity contribution < 1.29 is 0 Å². The minimum Gasteiger partial charge on any atom is -0.229 e. The molecule has 14 heavy (non-hydrogen) atoms. The summed E-state index contributed by atoms with van der Waals surface area (Å²) in [4.78, 5) is 8.35. The van der Waals surface area contributed by atoms with Crippen molar-refractivity contribution in [2.45, 2.75) is 39.0 Å². The van der Waals surface area contributed by atoms with Crippen molar-refractivity contribution in [3.63, 3.8) is 0 Å². The average molecular weight is 188 g/mol. The number of hydrogen-bond acceptors (Lipinski definition) is 2. The Morgan fingerprint density at radius 2 is 2.07 bits per heavy atom. The van der Waals surface area contributed by atoms with Gasteiger partial charge in [0.1, 0.15) is 0 Å². The first-order valence-corrected chi connectivity index (χ1v) is 4.96. The van der Waals surface area contributed by atoms with Crippen LogP contribution >= 0.6 is 0 Å². The summed E-state index contributed by atoms with van der Waals surface area (Å²) in [6.45, 7) is 6.54. The molecule has 0 saturated heterocycles. The van der Waals surface area contributed by atoms with Crippen molar-refractivity contribution in [1.82, 2.24) is 9.97 Å². The molecule has 0 radical (unpaired) electrons. The number of terminal acetylenes is 1. The Morgan fingerprint density at radius 3 is 2.57 bits per heavy atom. The molecule has 1 aromatic heterocycles. The Hall–Kier alpha value is -1.36. The molecule has 0 amide bonds. The van der Waals surface area contributed by atoms with Crippen LogP contribution in [0.4, 0.5) is 0 Å². The number of rotatable bonds is 3. The Balaban J connectivity index is 3.12. The first-order valence-electron chi connectivity index (χ1n) is 4.96. The molecule has 1 heterocycles. The first-order chi connectivity index (χ1) is 6.66. The molecular formula is C12H16N2. The fourth-order valence-corrected chi connectivity index (χ4v) is 1.38. The molecule has 2 heteroatoms. The number of hydrogen-bond donors (Lipinski definition) is 0. The second kappa shape index (κ2) is 4.23. The molecule has 74 valence electrons. The Morgan fingerprint density at radius 1 is 1.43 bits per heavy atom. The van der Waals surface area contributed by atoms with Crippen molar-refractivity contribution in [3.05, 3.63) is 23.8 Å². The molecule has 0 fully saturated rings. The molecule has 1 rings (SSSR count). The molecule has 1 aromatic rings. The van der Waals surface area contributed by atoms with E-state index in [-0.39, 0.29) is 5.41 Å². The summed E-state index contributed by atoms with van der Waals surface area (Å²) in [5, 5.41) is 0. The minimum absolute atomic E-state index is 0.120. The summed E-state index contributed by atoms with van der Waals surface area (Å²) in [6.07, 6.45) is 9.13. The first kappa shape index (κ1) is 10.7. The van der Waals surface area contributed by atoms with Gasteiger partial charge in [-0.25, -0.2) is 9.97 Å². The van der Waals surface area contributed by atoms with Gasteiger partial charge in [-0.1, -0.05) is 20.8 Å². The summed E-state index contributed by atoms with van der Waals surface area (Å²) in [5.74, 6) is 2.95. The van der Waals surface area contributed by atoms with Gasteiger partial charge in [-0.2, -0.15) is 0 Å². The van der Waals surface area contributed by atoms with E-state index in [4.69, 9.17) is 6.42 Å². The van der Waals surface area contributed by atoms with Gasteiger partial charge in [-0.3, -0.25) is 0 Å². The van der Waals surface area contributed by atoms with Gasteiger partial charge >= 0.3 is 0 Å². The maximum atomic E-state index is 5.27. The number of aromatic nitrogens is 2. The van der Waals surface area contributed by atoms with E-state index in [1.54, 1.807) is 6.20 Å². The lowest BCUT2D eigenvalue weighted by Gasteiger charge is -2.25. The van der Waals surface area contributed by atoms with Crippen molar-refractivity contribution in [3.8, 4) is 12.3 Å². The van der Waals surface area contributed by atoms with E-state index >= 15 is 0 Å². The zero-order chi connectivity index (χ0) is 10.6. The molecule has 0 atom stereocenters. The molecule has 0 aliphatic rings. The Labute approximate surface area is 85.8 Å². The van der Waals surface area contributed by atoms with Gasteiger partial charge in [0.25, 0.3) is 0 Å². The third-order valence-electron chi connectivity index (χ3n) is 2.96. The van der Waals surface area contributed by atoms with Crippen LogP contribution in [0.3, 0.4) is 0 Å². The summed E-state index contributed by atoms with van der Waals surface area (Å²) in [5.41, 5.74) is 1.17. The lowest BCUT2D eigenvalue weighted by atomic mass is 9.81. The van der Waals surface area contributed by atoms with Crippen molar-refractivity contribution >= 4 is 0 Å². The lowest BCUT2D eigenvalue weighted by molar-refractivity contribution is 0.425. The predicted octanol–water partition coefficient (Wildman–Crippen LogP) is 2.54.